The fourth-order valence-corrected chi connectivity index (χ4v) is 1.23. The Morgan fingerprint density at radius 1 is 1.45 bits per heavy atom. The number of hydrogen-bond donors (Lipinski definition) is 2. The van der Waals surface area contributed by atoms with Gasteiger partial charge in [0, 0.05) is 0 Å². The first-order valence-electron chi connectivity index (χ1n) is 3.30. The van der Waals surface area contributed by atoms with E-state index < -0.39 is 16.1 Å². The van der Waals surface area contributed by atoms with Crippen molar-refractivity contribution in [3.8, 4) is 0 Å². The van der Waals surface area contributed by atoms with Gasteiger partial charge in [0.15, 0.2) is 0 Å². The molecule has 0 rings (SSSR count). The van der Waals surface area contributed by atoms with Gasteiger partial charge in [-0.05, 0) is 12.8 Å². The standard InChI is InChI=1S/C5H13NO4S/c1-3-5(6,4-2)10-11(7,8)9/h3-4,6H2,1-2H3,(H,7,8,9). The summed E-state index contributed by atoms with van der Waals surface area (Å²) in [5.74, 6) is 0. The first-order valence-corrected chi connectivity index (χ1v) is 4.66. The Balaban J connectivity index is 4.32. The lowest BCUT2D eigenvalue weighted by molar-refractivity contribution is 0.0606. The Labute approximate surface area is 66.5 Å². The second-order valence-electron chi connectivity index (χ2n) is 2.28. The Kier molecular flexibility index (Phi) is 3.43. The van der Waals surface area contributed by atoms with Crippen LogP contribution in [-0.2, 0) is 14.6 Å². The van der Waals surface area contributed by atoms with Gasteiger partial charge in [0.1, 0.15) is 5.72 Å². The molecule has 0 aliphatic rings. The Morgan fingerprint density at radius 3 is 1.91 bits per heavy atom. The van der Waals surface area contributed by atoms with E-state index in [9.17, 15) is 8.42 Å². The molecule has 0 aromatic rings. The van der Waals surface area contributed by atoms with Crippen molar-refractivity contribution in [1.82, 2.24) is 0 Å². The van der Waals surface area contributed by atoms with Crippen LogP contribution in [0.2, 0.25) is 0 Å². The summed E-state index contributed by atoms with van der Waals surface area (Å²) in [6, 6.07) is 0. The van der Waals surface area contributed by atoms with Crippen molar-refractivity contribution < 1.29 is 17.2 Å². The molecule has 0 aliphatic heterocycles. The van der Waals surface area contributed by atoms with Crippen molar-refractivity contribution >= 4 is 10.4 Å². The van der Waals surface area contributed by atoms with Gasteiger partial charge in [-0.2, -0.15) is 8.42 Å². The molecule has 3 N–H and O–H groups in total. The van der Waals surface area contributed by atoms with Crippen molar-refractivity contribution in [3.63, 3.8) is 0 Å². The summed E-state index contributed by atoms with van der Waals surface area (Å²) in [7, 11) is -4.43. The van der Waals surface area contributed by atoms with Crippen LogP contribution in [0.15, 0.2) is 0 Å². The molecular weight excluding hydrogens is 170 g/mol. The lowest BCUT2D eigenvalue weighted by Crippen LogP contribution is -2.43. The molecule has 0 aromatic heterocycles. The van der Waals surface area contributed by atoms with E-state index in [1.807, 2.05) is 0 Å². The molecule has 0 unspecified atom stereocenters. The van der Waals surface area contributed by atoms with Crippen LogP contribution >= 0.6 is 0 Å². The highest BCUT2D eigenvalue weighted by atomic mass is 32.3. The summed E-state index contributed by atoms with van der Waals surface area (Å²) in [6.07, 6.45) is 0.645. The molecule has 0 atom stereocenters. The van der Waals surface area contributed by atoms with E-state index in [1.54, 1.807) is 13.8 Å². The lowest BCUT2D eigenvalue weighted by atomic mass is 10.1. The third-order valence-electron chi connectivity index (χ3n) is 1.47. The highest BCUT2D eigenvalue weighted by Gasteiger charge is 2.27. The highest BCUT2D eigenvalue weighted by Crippen LogP contribution is 2.14. The number of nitrogens with two attached hydrogens (primary N) is 1. The van der Waals surface area contributed by atoms with Crippen LogP contribution in [0.1, 0.15) is 26.7 Å². The zero-order valence-electron chi connectivity index (χ0n) is 6.57. The average molecular weight is 183 g/mol. The Hall–Kier alpha value is -0.170. The van der Waals surface area contributed by atoms with Crippen LogP contribution in [-0.4, -0.2) is 18.7 Å². The first kappa shape index (κ1) is 10.8. The maximum absolute atomic E-state index is 10.2. The summed E-state index contributed by atoms with van der Waals surface area (Å²) >= 11 is 0. The molecule has 0 heterocycles. The van der Waals surface area contributed by atoms with Gasteiger partial charge in [-0.25, -0.2) is 4.18 Å². The van der Waals surface area contributed by atoms with E-state index in [-0.39, 0.29) is 0 Å². The lowest BCUT2D eigenvalue weighted by Gasteiger charge is -2.23. The highest BCUT2D eigenvalue weighted by molar-refractivity contribution is 7.80. The van der Waals surface area contributed by atoms with Crippen molar-refractivity contribution in [2.45, 2.75) is 32.4 Å². The molecule has 5 nitrogen and oxygen atoms in total. The van der Waals surface area contributed by atoms with Gasteiger partial charge in [-0.3, -0.25) is 4.55 Å². The largest absolute Gasteiger partial charge is 0.399 e. The third-order valence-corrected chi connectivity index (χ3v) is 2.01. The topological polar surface area (TPSA) is 89.6 Å². The smallest absolute Gasteiger partial charge is 0.302 e. The summed E-state index contributed by atoms with van der Waals surface area (Å²) < 4.78 is 33.0. The van der Waals surface area contributed by atoms with Crippen LogP contribution in [0.25, 0.3) is 0 Å². The zero-order chi connectivity index (χ0) is 9.12. The molecular formula is C5H13NO4S. The zero-order valence-corrected chi connectivity index (χ0v) is 7.39. The Bertz CT molecular complexity index is 207. The minimum atomic E-state index is -4.43. The monoisotopic (exact) mass is 183 g/mol. The van der Waals surface area contributed by atoms with Crippen molar-refractivity contribution in [3.05, 3.63) is 0 Å². The van der Waals surface area contributed by atoms with Crippen molar-refractivity contribution in [1.29, 1.82) is 0 Å². The minimum absolute atomic E-state index is 0.323. The van der Waals surface area contributed by atoms with Gasteiger partial charge < -0.3 is 5.73 Å². The van der Waals surface area contributed by atoms with Gasteiger partial charge in [0.2, 0.25) is 0 Å². The van der Waals surface area contributed by atoms with Crippen LogP contribution in [0.4, 0.5) is 0 Å². The third kappa shape index (κ3) is 4.31. The second kappa shape index (κ2) is 3.48. The van der Waals surface area contributed by atoms with E-state index in [4.69, 9.17) is 10.3 Å². The molecule has 0 saturated carbocycles. The molecule has 0 fully saturated rings. The Morgan fingerprint density at radius 2 is 1.82 bits per heavy atom. The van der Waals surface area contributed by atoms with Gasteiger partial charge in [0.05, 0.1) is 0 Å². The second-order valence-corrected chi connectivity index (χ2v) is 3.31. The molecule has 0 aromatic carbocycles. The van der Waals surface area contributed by atoms with E-state index in [0.29, 0.717) is 12.8 Å². The van der Waals surface area contributed by atoms with E-state index in [1.165, 1.54) is 0 Å². The molecule has 0 aliphatic carbocycles. The van der Waals surface area contributed by atoms with Gasteiger partial charge in [-0.15, -0.1) is 0 Å². The predicted octanol–water partition coefficient (Wildman–Crippen LogP) is 0.281. The SMILES string of the molecule is CCC(N)(CC)OS(=O)(=O)O. The van der Waals surface area contributed by atoms with E-state index >= 15 is 0 Å². The van der Waals surface area contributed by atoms with Crippen LogP contribution in [0.5, 0.6) is 0 Å². The fraction of sp³-hybridized carbons (Fsp3) is 1.00. The molecule has 0 spiro atoms. The van der Waals surface area contributed by atoms with Crippen LogP contribution < -0.4 is 5.73 Å². The summed E-state index contributed by atoms with van der Waals surface area (Å²) in [4.78, 5) is 0. The van der Waals surface area contributed by atoms with Gasteiger partial charge in [0.25, 0.3) is 0 Å². The average Bonchev–Trinajstić information content (AvgIpc) is 1.84. The summed E-state index contributed by atoms with van der Waals surface area (Å²) in [6.45, 7) is 3.35. The molecule has 0 amide bonds. The van der Waals surface area contributed by atoms with E-state index in [0.717, 1.165) is 0 Å². The molecule has 0 saturated heterocycles. The van der Waals surface area contributed by atoms with Gasteiger partial charge >= 0.3 is 10.4 Å². The maximum atomic E-state index is 10.2. The predicted molar refractivity (Wildman–Crippen MR) is 40.1 cm³/mol. The minimum Gasteiger partial charge on any atom is -0.302 e. The first-order chi connectivity index (χ1) is 4.83. The van der Waals surface area contributed by atoms with Crippen LogP contribution in [0.3, 0.4) is 0 Å². The van der Waals surface area contributed by atoms with Gasteiger partial charge in [-0.1, -0.05) is 13.8 Å². The molecule has 0 bridgehead atoms. The fourth-order valence-electron chi connectivity index (χ4n) is 0.578. The quantitative estimate of drug-likeness (QED) is 0.482. The van der Waals surface area contributed by atoms with Crippen molar-refractivity contribution in [2.24, 2.45) is 5.73 Å². The molecule has 0 radical (unpaired) electrons. The number of rotatable bonds is 4. The van der Waals surface area contributed by atoms with E-state index in [2.05, 4.69) is 4.18 Å². The molecule has 68 valence electrons. The maximum Gasteiger partial charge on any atom is 0.399 e. The summed E-state index contributed by atoms with van der Waals surface area (Å²) in [5, 5.41) is 0. The van der Waals surface area contributed by atoms with Crippen LogP contribution in [0, 0.1) is 0 Å². The molecule has 11 heavy (non-hydrogen) atoms. The summed E-state index contributed by atoms with van der Waals surface area (Å²) in [5.41, 5.74) is 4.15. The normalized spacial score (nSPS) is 13.5. The number of hydrogen-bond acceptors (Lipinski definition) is 4. The van der Waals surface area contributed by atoms with Crippen molar-refractivity contribution in [2.75, 3.05) is 0 Å². The molecule has 6 heteroatoms.